The van der Waals surface area contributed by atoms with Crippen molar-refractivity contribution in [2.24, 2.45) is 5.92 Å². The van der Waals surface area contributed by atoms with Gasteiger partial charge in [-0.05, 0) is 40.5 Å². The summed E-state index contributed by atoms with van der Waals surface area (Å²) in [6.07, 6.45) is 0.727. The van der Waals surface area contributed by atoms with Gasteiger partial charge in [0.25, 0.3) is 0 Å². The number of hydrogen-bond acceptors (Lipinski definition) is 2. The van der Waals surface area contributed by atoms with Crippen molar-refractivity contribution >= 4 is 33.3 Å². The smallest absolute Gasteiger partial charge is 0.166 e. The molecule has 0 spiro atoms. The summed E-state index contributed by atoms with van der Waals surface area (Å²) in [7, 11) is 1.63. The quantitative estimate of drug-likeness (QED) is 0.770. The van der Waals surface area contributed by atoms with E-state index >= 15 is 0 Å². The first-order valence-corrected chi connectivity index (χ1v) is 6.21. The lowest BCUT2D eigenvalue weighted by Gasteiger charge is -2.11. The van der Waals surface area contributed by atoms with Gasteiger partial charge in [0.2, 0.25) is 0 Å². The number of carbonyl (C=O) groups excluding carboxylic acids is 1. The number of ketones is 1. The summed E-state index contributed by atoms with van der Waals surface area (Å²) in [6, 6.07) is 5.21. The highest BCUT2D eigenvalue weighted by molar-refractivity contribution is 9.10. The fourth-order valence-electron chi connectivity index (χ4n) is 1.38. The Balaban J connectivity index is 2.79. The van der Waals surface area contributed by atoms with Crippen molar-refractivity contribution in [3.05, 3.63) is 33.3 Å². The number of carbonyl (C=O) groups is 1. The second-order valence-corrected chi connectivity index (χ2v) is 4.96. The van der Waals surface area contributed by atoms with E-state index in [9.17, 15) is 4.79 Å². The number of Topliss-reactive ketones (excluding diaryl/α,β-unsaturated/α-hetero) is 1. The highest BCUT2D eigenvalue weighted by Crippen LogP contribution is 2.24. The fraction of sp³-hybridized carbons (Fsp3) is 0.417. The Kier molecular flexibility index (Phi) is 5.46. The van der Waals surface area contributed by atoms with E-state index in [4.69, 9.17) is 16.3 Å². The van der Waals surface area contributed by atoms with E-state index in [1.807, 2.05) is 6.92 Å². The molecule has 4 heteroatoms. The van der Waals surface area contributed by atoms with Gasteiger partial charge in [-0.25, -0.2) is 0 Å². The summed E-state index contributed by atoms with van der Waals surface area (Å²) >= 11 is 9.17. The summed E-state index contributed by atoms with van der Waals surface area (Å²) in [5.41, 5.74) is 0.674. The topological polar surface area (TPSA) is 26.3 Å². The molecule has 0 aliphatic rings. The predicted molar refractivity (Wildman–Crippen MR) is 69.1 cm³/mol. The maximum atomic E-state index is 12.1. The van der Waals surface area contributed by atoms with Gasteiger partial charge >= 0.3 is 0 Å². The molecule has 1 aromatic rings. The lowest BCUT2D eigenvalue weighted by atomic mass is 9.97. The van der Waals surface area contributed by atoms with Gasteiger partial charge in [0.15, 0.2) is 5.78 Å². The Morgan fingerprint density at radius 1 is 1.56 bits per heavy atom. The second kappa shape index (κ2) is 6.38. The molecule has 0 saturated heterocycles. The highest BCUT2D eigenvalue weighted by Gasteiger charge is 2.17. The molecule has 0 aliphatic carbocycles. The monoisotopic (exact) mass is 304 g/mol. The number of benzene rings is 1. The van der Waals surface area contributed by atoms with Crippen LogP contribution in [0.1, 0.15) is 23.7 Å². The van der Waals surface area contributed by atoms with Gasteiger partial charge in [0.05, 0.1) is 0 Å². The number of rotatable bonds is 5. The first-order valence-electron chi connectivity index (χ1n) is 5.04. The zero-order valence-corrected chi connectivity index (χ0v) is 11.6. The van der Waals surface area contributed by atoms with Gasteiger partial charge in [-0.2, -0.15) is 0 Å². The Morgan fingerprint density at radius 2 is 2.25 bits per heavy atom. The third-order valence-corrected chi connectivity index (χ3v) is 3.29. The molecule has 1 aromatic carbocycles. The largest absolute Gasteiger partial charge is 0.385 e. The van der Waals surface area contributed by atoms with E-state index in [1.165, 1.54) is 0 Å². The Hall–Kier alpha value is -0.380. The van der Waals surface area contributed by atoms with Gasteiger partial charge in [-0.15, -0.1) is 0 Å². The van der Waals surface area contributed by atoms with Gasteiger partial charge in [0, 0.05) is 34.7 Å². The van der Waals surface area contributed by atoms with Crippen LogP contribution in [0.3, 0.4) is 0 Å². The summed E-state index contributed by atoms with van der Waals surface area (Å²) in [6.45, 7) is 2.50. The molecule has 0 amide bonds. The molecule has 0 bridgehead atoms. The van der Waals surface area contributed by atoms with Gasteiger partial charge in [0.1, 0.15) is 0 Å². The van der Waals surface area contributed by atoms with Gasteiger partial charge < -0.3 is 4.74 Å². The van der Waals surface area contributed by atoms with E-state index in [0.717, 1.165) is 10.9 Å². The van der Waals surface area contributed by atoms with Crippen molar-refractivity contribution in [1.29, 1.82) is 0 Å². The number of methoxy groups -OCH3 is 1. The zero-order valence-electron chi connectivity index (χ0n) is 9.30. The molecule has 0 aromatic heterocycles. The van der Waals surface area contributed by atoms with E-state index in [1.54, 1.807) is 25.3 Å². The third kappa shape index (κ3) is 3.58. The molecule has 0 saturated carbocycles. The van der Waals surface area contributed by atoms with Crippen LogP contribution in [0.4, 0.5) is 0 Å². The summed E-state index contributed by atoms with van der Waals surface area (Å²) in [5.74, 6) is 0.0676. The van der Waals surface area contributed by atoms with Crippen molar-refractivity contribution in [3.8, 4) is 0 Å². The van der Waals surface area contributed by atoms with Crippen LogP contribution >= 0.6 is 27.5 Å². The van der Waals surface area contributed by atoms with Crippen molar-refractivity contribution in [2.75, 3.05) is 13.7 Å². The van der Waals surface area contributed by atoms with E-state index in [-0.39, 0.29) is 11.7 Å². The first kappa shape index (κ1) is 13.7. The standard InChI is InChI=1S/C12H14BrClO2/c1-8(5-6-16-2)12(15)10-4-3-9(14)7-11(10)13/h3-4,7-8H,5-6H2,1-2H3. The number of hydrogen-bond donors (Lipinski definition) is 0. The number of ether oxygens (including phenoxy) is 1. The lowest BCUT2D eigenvalue weighted by Crippen LogP contribution is -2.13. The molecule has 0 radical (unpaired) electrons. The minimum absolute atomic E-state index is 0.0441. The van der Waals surface area contributed by atoms with Crippen molar-refractivity contribution in [1.82, 2.24) is 0 Å². The molecule has 16 heavy (non-hydrogen) atoms. The Bertz CT molecular complexity index is 379. The van der Waals surface area contributed by atoms with Crippen LogP contribution in [0, 0.1) is 5.92 Å². The van der Waals surface area contributed by atoms with Crippen LogP contribution < -0.4 is 0 Å². The second-order valence-electron chi connectivity index (χ2n) is 3.67. The van der Waals surface area contributed by atoms with Crippen molar-refractivity contribution < 1.29 is 9.53 Å². The van der Waals surface area contributed by atoms with E-state index in [2.05, 4.69) is 15.9 Å². The molecular formula is C12H14BrClO2. The first-order chi connectivity index (χ1) is 7.56. The summed E-state index contributed by atoms with van der Waals surface area (Å²) < 4.78 is 5.71. The summed E-state index contributed by atoms with van der Waals surface area (Å²) in [5, 5.41) is 0.618. The average molecular weight is 306 g/mol. The minimum atomic E-state index is -0.0441. The summed E-state index contributed by atoms with van der Waals surface area (Å²) in [4.78, 5) is 12.1. The molecule has 88 valence electrons. The molecule has 0 fully saturated rings. The third-order valence-electron chi connectivity index (χ3n) is 2.40. The maximum Gasteiger partial charge on any atom is 0.166 e. The molecule has 1 atom stereocenters. The van der Waals surface area contributed by atoms with Crippen LogP contribution in [0.2, 0.25) is 5.02 Å². The highest BCUT2D eigenvalue weighted by atomic mass is 79.9. The van der Waals surface area contributed by atoms with Gasteiger partial charge in [-0.3, -0.25) is 4.79 Å². The fourth-order valence-corrected chi connectivity index (χ4v) is 2.26. The van der Waals surface area contributed by atoms with E-state index < -0.39 is 0 Å². The van der Waals surface area contributed by atoms with Crippen molar-refractivity contribution in [2.45, 2.75) is 13.3 Å². The SMILES string of the molecule is COCCC(C)C(=O)c1ccc(Cl)cc1Br. The van der Waals surface area contributed by atoms with Crippen LogP contribution in [0.15, 0.2) is 22.7 Å². The van der Waals surface area contributed by atoms with Crippen LogP contribution in [-0.2, 0) is 4.74 Å². The normalized spacial score (nSPS) is 12.5. The molecule has 1 unspecified atom stereocenters. The Labute approximate surface area is 109 Å². The van der Waals surface area contributed by atoms with Crippen LogP contribution in [0.25, 0.3) is 0 Å². The van der Waals surface area contributed by atoms with E-state index in [0.29, 0.717) is 17.2 Å². The maximum absolute atomic E-state index is 12.1. The van der Waals surface area contributed by atoms with Gasteiger partial charge in [-0.1, -0.05) is 18.5 Å². The molecular weight excluding hydrogens is 291 g/mol. The van der Waals surface area contributed by atoms with Crippen LogP contribution in [0.5, 0.6) is 0 Å². The minimum Gasteiger partial charge on any atom is -0.385 e. The predicted octanol–water partition coefficient (Wildman–Crippen LogP) is 3.96. The number of halogens is 2. The average Bonchev–Trinajstić information content (AvgIpc) is 2.25. The molecule has 0 heterocycles. The zero-order chi connectivity index (χ0) is 12.1. The molecule has 2 nitrogen and oxygen atoms in total. The molecule has 1 rings (SSSR count). The van der Waals surface area contributed by atoms with Crippen LogP contribution in [-0.4, -0.2) is 19.5 Å². The molecule has 0 aliphatic heterocycles. The van der Waals surface area contributed by atoms with Crippen molar-refractivity contribution in [3.63, 3.8) is 0 Å². The Morgan fingerprint density at radius 3 is 2.81 bits per heavy atom. The lowest BCUT2D eigenvalue weighted by molar-refractivity contribution is 0.0893. The molecule has 0 N–H and O–H groups in total.